The van der Waals surface area contributed by atoms with E-state index in [9.17, 15) is 4.79 Å². The molecule has 0 saturated carbocycles. The molecule has 1 aliphatic heterocycles. The molecule has 0 N–H and O–H groups in total. The summed E-state index contributed by atoms with van der Waals surface area (Å²) in [5.41, 5.74) is 0.894. The van der Waals surface area contributed by atoms with Crippen molar-refractivity contribution < 1.29 is 14.3 Å². The van der Waals surface area contributed by atoms with Gasteiger partial charge in [-0.05, 0) is 37.1 Å². The van der Waals surface area contributed by atoms with Crippen molar-refractivity contribution >= 4 is 40.3 Å². The molecule has 4 nitrogen and oxygen atoms in total. The van der Waals surface area contributed by atoms with Crippen LogP contribution in [0.4, 0.5) is 0 Å². The highest BCUT2D eigenvalue weighted by Crippen LogP contribution is 2.34. The van der Waals surface area contributed by atoms with Crippen molar-refractivity contribution in [1.29, 1.82) is 0 Å². The SMILES string of the molecule is CCCCOc1ccc(/C=C2/SC(=S)N(C)C2=O)cc1OCC. The van der Waals surface area contributed by atoms with Crippen LogP contribution in [0.2, 0.25) is 0 Å². The van der Waals surface area contributed by atoms with Crippen LogP contribution >= 0.6 is 24.0 Å². The van der Waals surface area contributed by atoms with Crippen LogP contribution in [0, 0.1) is 0 Å². The summed E-state index contributed by atoms with van der Waals surface area (Å²) in [6.45, 7) is 5.29. The van der Waals surface area contributed by atoms with E-state index in [1.165, 1.54) is 16.7 Å². The van der Waals surface area contributed by atoms with Crippen molar-refractivity contribution in [2.24, 2.45) is 0 Å². The van der Waals surface area contributed by atoms with Crippen LogP contribution in [0.1, 0.15) is 32.3 Å². The van der Waals surface area contributed by atoms with E-state index in [4.69, 9.17) is 21.7 Å². The number of rotatable bonds is 7. The molecule has 23 heavy (non-hydrogen) atoms. The second kappa shape index (κ2) is 8.36. The molecule has 1 heterocycles. The third-order valence-corrected chi connectivity index (χ3v) is 4.79. The Morgan fingerprint density at radius 3 is 2.65 bits per heavy atom. The van der Waals surface area contributed by atoms with Crippen molar-refractivity contribution in [3.8, 4) is 11.5 Å². The number of hydrogen-bond acceptors (Lipinski definition) is 5. The maximum absolute atomic E-state index is 12.1. The number of nitrogens with zero attached hydrogens (tertiary/aromatic N) is 1. The molecular weight excluding hydrogens is 330 g/mol. The third kappa shape index (κ3) is 4.48. The van der Waals surface area contributed by atoms with Crippen molar-refractivity contribution in [1.82, 2.24) is 4.90 Å². The van der Waals surface area contributed by atoms with Gasteiger partial charge in [0, 0.05) is 7.05 Å². The fourth-order valence-electron chi connectivity index (χ4n) is 2.03. The molecule has 1 aromatic rings. The topological polar surface area (TPSA) is 38.8 Å². The van der Waals surface area contributed by atoms with Crippen LogP contribution in [0.3, 0.4) is 0 Å². The Balaban J connectivity index is 2.22. The number of likely N-dealkylation sites (N-methyl/N-ethyl adjacent to an activating group) is 1. The molecule has 0 unspecified atom stereocenters. The highest BCUT2D eigenvalue weighted by Gasteiger charge is 2.28. The van der Waals surface area contributed by atoms with Gasteiger partial charge in [-0.2, -0.15) is 0 Å². The first-order valence-corrected chi connectivity index (χ1v) is 8.90. The summed E-state index contributed by atoms with van der Waals surface area (Å²) in [6.07, 6.45) is 3.92. The van der Waals surface area contributed by atoms with Crippen molar-refractivity contribution in [3.63, 3.8) is 0 Å². The molecule has 124 valence electrons. The predicted molar refractivity (Wildman–Crippen MR) is 99.0 cm³/mol. The molecule has 0 radical (unpaired) electrons. The van der Waals surface area contributed by atoms with Crippen LogP contribution in [0.25, 0.3) is 6.08 Å². The lowest BCUT2D eigenvalue weighted by atomic mass is 10.2. The smallest absolute Gasteiger partial charge is 0.265 e. The summed E-state index contributed by atoms with van der Waals surface area (Å²) in [4.78, 5) is 14.2. The average Bonchev–Trinajstić information content (AvgIpc) is 2.77. The summed E-state index contributed by atoms with van der Waals surface area (Å²) < 4.78 is 12.0. The van der Waals surface area contributed by atoms with E-state index >= 15 is 0 Å². The first kappa shape index (κ1) is 17.8. The Kier molecular flexibility index (Phi) is 6.47. The highest BCUT2D eigenvalue weighted by atomic mass is 32.2. The number of unbranched alkanes of at least 4 members (excludes halogenated alkanes) is 1. The Morgan fingerprint density at radius 2 is 2.04 bits per heavy atom. The highest BCUT2D eigenvalue weighted by molar-refractivity contribution is 8.26. The fourth-order valence-corrected chi connectivity index (χ4v) is 3.20. The number of amides is 1. The molecule has 0 aromatic heterocycles. The molecule has 2 rings (SSSR count). The molecule has 0 aliphatic carbocycles. The zero-order valence-corrected chi connectivity index (χ0v) is 15.3. The van der Waals surface area contributed by atoms with Crippen LogP contribution in [0.5, 0.6) is 11.5 Å². The third-order valence-electron chi connectivity index (χ3n) is 3.31. The van der Waals surface area contributed by atoms with E-state index in [1.54, 1.807) is 7.05 Å². The van der Waals surface area contributed by atoms with E-state index in [2.05, 4.69) is 6.92 Å². The van der Waals surface area contributed by atoms with Gasteiger partial charge in [-0.1, -0.05) is 43.4 Å². The molecule has 6 heteroatoms. The minimum absolute atomic E-state index is 0.0683. The monoisotopic (exact) mass is 351 g/mol. The standard InChI is InChI=1S/C17H21NO3S2/c1-4-6-9-21-13-8-7-12(10-14(13)20-5-2)11-15-16(19)18(3)17(22)23-15/h7-8,10-11H,4-6,9H2,1-3H3/b15-11+. The zero-order valence-electron chi connectivity index (χ0n) is 13.6. The predicted octanol–water partition coefficient (Wildman–Crippen LogP) is 4.10. The van der Waals surface area contributed by atoms with Gasteiger partial charge in [0.25, 0.3) is 5.91 Å². The lowest BCUT2D eigenvalue weighted by Crippen LogP contribution is -2.22. The molecule has 1 aromatic carbocycles. The van der Waals surface area contributed by atoms with E-state index < -0.39 is 0 Å². The molecule has 1 fully saturated rings. The molecular formula is C17H21NO3S2. The minimum Gasteiger partial charge on any atom is -0.490 e. The average molecular weight is 351 g/mol. The molecule has 0 bridgehead atoms. The van der Waals surface area contributed by atoms with Crippen molar-refractivity contribution in [3.05, 3.63) is 28.7 Å². The first-order chi connectivity index (χ1) is 11.1. The van der Waals surface area contributed by atoms with Crippen molar-refractivity contribution in [2.45, 2.75) is 26.7 Å². The first-order valence-electron chi connectivity index (χ1n) is 7.68. The van der Waals surface area contributed by atoms with Crippen LogP contribution < -0.4 is 9.47 Å². The number of thiocarbonyl (C=S) groups is 1. The summed E-state index contributed by atoms with van der Waals surface area (Å²) in [5.74, 6) is 1.37. The summed E-state index contributed by atoms with van der Waals surface area (Å²) >= 11 is 6.46. The van der Waals surface area contributed by atoms with Gasteiger partial charge >= 0.3 is 0 Å². The zero-order chi connectivity index (χ0) is 16.8. The molecule has 0 atom stereocenters. The number of hydrogen-bond donors (Lipinski definition) is 0. The van der Waals surface area contributed by atoms with Gasteiger partial charge in [0.15, 0.2) is 11.5 Å². The number of thioether (sulfide) groups is 1. The Bertz CT molecular complexity index is 628. The molecule has 1 saturated heterocycles. The lowest BCUT2D eigenvalue weighted by molar-refractivity contribution is -0.121. The quantitative estimate of drug-likeness (QED) is 0.420. The molecule has 1 amide bonds. The van der Waals surface area contributed by atoms with E-state index in [1.807, 2.05) is 31.2 Å². The summed E-state index contributed by atoms with van der Waals surface area (Å²) in [6, 6.07) is 5.71. The van der Waals surface area contributed by atoms with Crippen LogP contribution in [-0.2, 0) is 4.79 Å². The Morgan fingerprint density at radius 1 is 1.26 bits per heavy atom. The summed E-state index contributed by atoms with van der Waals surface area (Å²) in [7, 11) is 1.69. The summed E-state index contributed by atoms with van der Waals surface area (Å²) in [5, 5.41) is 0. The minimum atomic E-state index is -0.0683. The maximum Gasteiger partial charge on any atom is 0.265 e. The van der Waals surface area contributed by atoms with Gasteiger partial charge in [0.1, 0.15) is 4.32 Å². The largest absolute Gasteiger partial charge is 0.490 e. The van der Waals surface area contributed by atoms with Gasteiger partial charge < -0.3 is 9.47 Å². The van der Waals surface area contributed by atoms with Gasteiger partial charge in [-0.3, -0.25) is 9.69 Å². The second-order valence-electron chi connectivity index (χ2n) is 5.08. The molecule has 1 aliphatic rings. The van der Waals surface area contributed by atoms with E-state index in [0.717, 1.165) is 24.2 Å². The second-order valence-corrected chi connectivity index (χ2v) is 6.76. The lowest BCUT2D eigenvalue weighted by Gasteiger charge is -2.12. The fraction of sp³-hybridized carbons (Fsp3) is 0.412. The van der Waals surface area contributed by atoms with Gasteiger partial charge in [0.2, 0.25) is 0 Å². The van der Waals surface area contributed by atoms with Gasteiger partial charge in [-0.25, -0.2) is 0 Å². The number of carbonyl (C=O) groups excluding carboxylic acids is 1. The normalized spacial score (nSPS) is 16.3. The number of benzene rings is 1. The Labute approximate surface area is 146 Å². The van der Waals surface area contributed by atoms with E-state index in [0.29, 0.717) is 28.2 Å². The van der Waals surface area contributed by atoms with E-state index in [-0.39, 0.29) is 5.91 Å². The maximum atomic E-state index is 12.1. The Hall–Kier alpha value is -1.53. The van der Waals surface area contributed by atoms with Gasteiger partial charge in [0.05, 0.1) is 18.1 Å². The number of ether oxygens (including phenoxy) is 2. The number of carbonyl (C=O) groups is 1. The van der Waals surface area contributed by atoms with Crippen LogP contribution in [0.15, 0.2) is 23.1 Å². The molecule has 0 spiro atoms. The van der Waals surface area contributed by atoms with Crippen molar-refractivity contribution in [2.75, 3.05) is 20.3 Å². The van der Waals surface area contributed by atoms with Crippen LogP contribution in [-0.4, -0.2) is 35.4 Å². The van der Waals surface area contributed by atoms with Gasteiger partial charge in [-0.15, -0.1) is 0 Å².